The first-order valence-electron chi connectivity index (χ1n) is 5.63. The molecule has 0 spiro atoms. The third kappa shape index (κ3) is 1.38. The fourth-order valence-electron chi connectivity index (χ4n) is 1.99. The van der Waals surface area contributed by atoms with Crippen molar-refractivity contribution in [3.05, 3.63) is 36.9 Å². The summed E-state index contributed by atoms with van der Waals surface area (Å²) in [5.74, 6) is 1.33. The van der Waals surface area contributed by atoms with Crippen molar-refractivity contribution in [3.63, 3.8) is 0 Å². The molecular weight excluding hydrogens is 244 g/mol. The first kappa shape index (κ1) is 10.0. The smallest absolute Gasteiger partial charge is 0.223 e. The Bertz CT molecular complexity index is 880. The number of aromatic nitrogens is 5. The zero-order valence-corrected chi connectivity index (χ0v) is 9.69. The van der Waals surface area contributed by atoms with Crippen LogP contribution in [-0.2, 0) is 0 Å². The molecule has 0 unspecified atom stereocenters. The normalized spacial score (nSPS) is 11.4. The molecule has 0 aromatic carbocycles. The van der Waals surface area contributed by atoms with Crippen molar-refractivity contribution in [2.45, 2.75) is 0 Å². The van der Waals surface area contributed by atoms with Gasteiger partial charge in [-0.15, -0.1) is 5.10 Å². The van der Waals surface area contributed by atoms with Crippen molar-refractivity contribution >= 4 is 22.5 Å². The second-order valence-corrected chi connectivity index (χ2v) is 4.01. The van der Waals surface area contributed by atoms with E-state index in [0.717, 1.165) is 5.39 Å². The topological polar surface area (TPSA) is 95.1 Å². The fraction of sp³-hybridized carbons (Fsp3) is 0. The number of fused-ring (bicyclic) bond motifs is 3. The maximum atomic E-state index is 5.88. The van der Waals surface area contributed by atoms with Crippen LogP contribution in [0.5, 0.6) is 0 Å². The summed E-state index contributed by atoms with van der Waals surface area (Å²) in [4.78, 5) is 12.7. The van der Waals surface area contributed by atoms with Crippen LogP contribution in [0.2, 0.25) is 0 Å². The molecule has 0 radical (unpaired) electrons. The lowest BCUT2D eigenvalue weighted by Crippen LogP contribution is -2.02. The van der Waals surface area contributed by atoms with E-state index < -0.39 is 0 Å². The van der Waals surface area contributed by atoms with E-state index in [1.54, 1.807) is 30.8 Å². The Hall–Kier alpha value is -2.96. The Labute approximate surface area is 106 Å². The molecule has 2 N–H and O–H groups in total. The molecule has 19 heavy (non-hydrogen) atoms. The summed E-state index contributed by atoms with van der Waals surface area (Å²) in [6, 6.07) is 5.41. The Balaban J connectivity index is 2.12. The zero-order chi connectivity index (χ0) is 12.8. The molecule has 0 aliphatic heterocycles. The van der Waals surface area contributed by atoms with Crippen molar-refractivity contribution in [2.24, 2.45) is 0 Å². The van der Waals surface area contributed by atoms with Gasteiger partial charge in [-0.3, -0.25) is 4.98 Å². The molecule has 92 valence electrons. The second-order valence-electron chi connectivity index (χ2n) is 4.01. The summed E-state index contributed by atoms with van der Waals surface area (Å²) in [5.41, 5.74) is 7.20. The van der Waals surface area contributed by atoms with Gasteiger partial charge in [0.25, 0.3) is 0 Å². The van der Waals surface area contributed by atoms with Gasteiger partial charge in [0.1, 0.15) is 0 Å². The van der Waals surface area contributed by atoms with Crippen molar-refractivity contribution < 1.29 is 4.42 Å². The van der Waals surface area contributed by atoms with E-state index in [2.05, 4.69) is 20.1 Å². The molecule has 0 amide bonds. The molecule has 0 aliphatic carbocycles. The number of hydrogen-bond donors (Lipinski definition) is 1. The Morgan fingerprint density at radius 1 is 1.21 bits per heavy atom. The second kappa shape index (κ2) is 3.52. The minimum atomic E-state index is 0.265. The van der Waals surface area contributed by atoms with Gasteiger partial charge in [0, 0.05) is 11.6 Å². The summed E-state index contributed by atoms with van der Waals surface area (Å²) in [6.45, 7) is 0. The maximum absolute atomic E-state index is 5.88. The highest BCUT2D eigenvalue weighted by Crippen LogP contribution is 2.22. The monoisotopic (exact) mass is 252 g/mol. The lowest BCUT2D eigenvalue weighted by Gasteiger charge is -2.00. The van der Waals surface area contributed by atoms with Crippen LogP contribution in [0.4, 0.5) is 5.95 Å². The average Bonchev–Trinajstić information content (AvgIpc) is 3.08. The standard InChI is InChI=1S/C12H8N6O/c13-12-15-8-6-14-4-3-7(8)11-16-10(17-18(11)12)9-2-1-5-19-9/h1-6H,(H2,13,15). The van der Waals surface area contributed by atoms with Crippen LogP contribution in [-0.4, -0.2) is 24.6 Å². The summed E-state index contributed by atoms with van der Waals surface area (Å²) >= 11 is 0. The largest absolute Gasteiger partial charge is 0.461 e. The number of nitrogens with two attached hydrogens (primary N) is 1. The molecule has 0 fully saturated rings. The molecule has 7 nitrogen and oxygen atoms in total. The van der Waals surface area contributed by atoms with Crippen LogP contribution in [0.25, 0.3) is 28.1 Å². The molecule has 0 bridgehead atoms. The van der Waals surface area contributed by atoms with Crippen molar-refractivity contribution in [3.8, 4) is 11.6 Å². The number of nitrogen functional groups attached to an aromatic ring is 1. The molecule has 4 heterocycles. The number of rotatable bonds is 1. The highest BCUT2D eigenvalue weighted by atomic mass is 16.3. The van der Waals surface area contributed by atoms with Gasteiger partial charge in [0.05, 0.1) is 18.0 Å². The van der Waals surface area contributed by atoms with Gasteiger partial charge in [-0.25, -0.2) is 9.97 Å². The molecule has 4 aromatic heterocycles. The lowest BCUT2D eigenvalue weighted by atomic mass is 10.3. The van der Waals surface area contributed by atoms with Crippen molar-refractivity contribution in [1.29, 1.82) is 0 Å². The highest BCUT2D eigenvalue weighted by molar-refractivity contribution is 5.91. The molecule has 0 saturated carbocycles. The summed E-state index contributed by atoms with van der Waals surface area (Å²) in [6.07, 6.45) is 4.90. The number of hydrogen-bond acceptors (Lipinski definition) is 6. The minimum absolute atomic E-state index is 0.265. The first-order valence-corrected chi connectivity index (χ1v) is 5.63. The van der Waals surface area contributed by atoms with Crippen LogP contribution in [0.3, 0.4) is 0 Å². The Morgan fingerprint density at radius 3 is 3.00 bits per heavy atom. The fourth-order valence-corrected chi connectivity index (χ4v) is 1.99. The van der Waals surface area contributed by atoms with Gasteiger partial charge < -0.3 is 10.2 Å². The summed E-state index contributed by atoms with van der Waals surface area (Å²) in [7, 11) is 0. The first-order chi connectivity index (χ1) is 9.33. The third-order valence-corrected chi connectivity index (χ3v) is 2.84. The van der Waals surface area contributed by atoms with Gasteiger partial charge in [0.15, 0.2) is 11.4 Å². The molecule has 0 saturated heterocycles. The Morgan fingerprint density at radius 2 is 2.16 bits per heavy atom. The SMILES string of the molecule is Nc1nc2cnccc2c2nc(-c3ccco3)nn12. The van der Waals surface area contributed by atoms with Crippen LogP contribution in [0, 0.1) is 0 Å². The van der Waals surface area contributed by atoms with Crippen LogP contribution in [0.1, 0.15) is 0 Å². The van der Waals surface area contributed by atoms with Gasteiger partial charge >= 0.3 is 0 Å². The predicted octanol–water partition coefficient (Wildman–Crippen LogP) is 1.51. The molecule has 7 heteroatoms. The summed E-state index contributed by atoms with van der Waals surface area (Å²) in [5, 5.41) is 5.15. The third-order valence-electron chi connectivity index (χ3n) is 2.84. The lowest BCUT2D eigenvalue weighted by molar-refractivity contribution is 0.577. The van der Waals surface area contributed by atoms with E-state index in [1.165, 1.54) is 4.52 Å². The van der Waals surface area contributed by atoms with Crippen LogP contribution in [0.15, 0.2) is 41.3 Å². The van der Waals surface area contributed by atoms with Crippen molar-refractivity contribution in [1.82, 2.24) is 24.6 Å². The molecule has 0 aliphatic rings. The summed E-state index contributed by atoms with van der Waals surface area (Å²) < 4.78 is 6.79. The van der Waals surface area contributed by atoms with E-state index in [9.17, 15) is 0 Å². The van der Waals surface area contributed by atoms with Crippen LogP contribution >= 0.6 is 0 Å². The van der Waals surface area contributed by atoms with Crippen LogP contribution < -0.4 is 5.73 Å². The van der Waals surface area contributed by atoms with E-state index in [-0.39, 0.29) is 5.95 Å². The quantitative estimate of drug-likeness (QED) is 0.551. The number of anilines is 1. The average molecular weight is 252 g/mol. The van der Waals surface area contributed by atoms with E-state index in [4.69, 9.17) is 10.2 Å². The number of pyridine rings is 1. The van der Waals surface area contributed by atoms with E-state index >= 15 is 0 Å². The predicted molar refractivity (Wildman–Crippen MR) is 68.2 cm³/mol. The number of furan rings is 1. The zero-order valence-electron chi connectivity index (χ0n) is 9.69. The van der Waals surface area contributed by atoms with E-state index in [1.807, 2.05) is 6.07 Å². The molecular formula is C12H8N6O. The molecule has 4 aromatic rings. The minimum Gasteiger partial charge on any atom is -0.461 e. The maximum Gasteiger partial charge on any atom is 0.223 e. The van der Waals surface area contributed by atoms with Crippen molar-refractivity contribution in [2.75, 3.05) is 5.73 Å². The van der Waals surface area contributed by atoms with Gasteiger partial charge in [0.2, 0.25) is 11.8 Å². The number of nitrogens with zero attached hydrogens (tertiary/aromatic N) is 5. The molecule has 0 atom stereocenters. The van der Waals surface area contributed by atoms with E-state index in [0.29, 0.717) is 22.7 Å². The highest BCUT2D eigenvalue weighted by Gasteiger charge is 2.14. The van der Waals surface area contributed by atoms with Gasteiger partial charge in [-0.05, 0) is 18.2 Å². The molecule has 4 rings (SSSR count). The Kier molecular flexibility index (Phi) is 1.85. The van der Waals surface area contributed by atoms with Gasteiger partial charge in [-0.1, -0.05) is 0 Å². The van der Waals surface area contributed by atoms with Gasteiger partial charge in [-0.2, -0.15) is 4.52 Å².